The van der Waals surface area contributed by atoms with Crippen molar-refractivity contribution in [3.63, 3.8) is 0 Å². The number of ether oxygens (including phenoxy) is 1. The number of nitrogens with zero attached hydrogens (tertiary/aromatic N) is 2. The van der Waals surface area contributed by atoms with E-state index in [1.54, 1.807) is 44.4 Å². The van der Waals surface area contributed by atoms with Crippen molar-refractivity contribution in [1.29, 1.82) is 0 Å². The number of benzene rings is 2. The van der Waals surface area contributed by atoms with E-state index >= 15 is 0 Å². The summed E-state index contributed by atoms with van der Waals surface area (Å²) in [5.41, 5.74) is 0.261. The first-order valence-corrected chi connectivity index (χ1v) is 8.49. The van der Waals surface area contributed by atoms with Crippen LogP contribution in [0.2, 0.25) is 0 Å². The van der Waals surface area contributed by atoms with Crippen LogP contribution in [0, 0.1) is 10.1 Å². The lowest BCUT2D eigenvalue weighted by atomic mass is 10.1. The predicted octanol–water partition coefficient (Wildman–Crippen LogP) is 2.01. The largest absolute Gasteiger partial charge is 0.444 e. The molecule has 0 spiro atoms. The Labute approximate surface area is 166 Å². The van der Waals surface area contributed by atoms with Crippen LogP contribution in [0.3, 0.4) is 0 Å². The van der Waals surface area contributed by atoms with Gasteiger partial charge in [0, 0.05) is 32.8 Å². The van der Waals surface area contributed by atoms with Gasteiger partial charge in [-0.1, -0.05) is 30.3 Å². The first-order chi connectivity index (χ1) is 13.7. The highest BCUT2D eigenvalue weighted by Crippen LogP contribution is 2.29. The summed E-state index contributed by atoms with van der Waals surface area (Å²) < 4.78 is 5.30. The normalized spacial score (nSPS) is 11.1. The molecule has 0 aliphatic heterocycles. The summed E-state index contributed by atoms with van der Waals surface area (Å²) in [6, 6.07) is 11.2. The first-order valence-electron chi connectivity index (χ1n) is 8.49. The van der Waals surface area contributed by atoms with E-state index in [1.165, 1.54) is 24.1 Å². The number of nitro benzene ring substituents is 1. The van der Waals surface area contributed by atoms with Crippen molar-refractivity contribution in [3.8, 4) is 0 Å². The molecule has 3 amide bonds. The fraction of sp³-hybridized carbons (Fsp3) is 0.211. The Morgan fingerprint density at radius 2 is 1.76 bits per heavy atom. The summed E-state index contributed by atoms with van der Waals surface area (Å²) in [7, 11) is 4.60. The molecule has 0 radical (unpaired) electrons. The predicted molar refractivity (Wildman–Crippen MR) is 105 cm³/mol. The molecule has 29 heavy (non-hydrogen) atoms. The number of hydrogen-bond acceptors (Lipinski definition) is 7. The molecule has 0 heterocycles. The van der Waals surface area contributed by atoms with Crippen LogP contribution in [0.15, 0.2) is 48.5 Å². The van der Waals surface area contributed by atoms with E-state index < -0.39 is 28.9 Å². The van der Waals surface area contributed by atoms with Crippen molar-refractivity contribution < 1.29 is 24.0 Å². The number of amides is 3. The smallest absolute Gasteiger partial charge is 0.339 e. The number of anilines is 1. The molecule has 2 aromatic carbocycles. The highest BCUT2D eigenvalue weighted by molar-refractivity contribution is 5.99. The van der Waals surface area contributed by atoms with Gasteiger partial charge in [-0.3, -0.25) is 20.2 Å². The minimum Gasteiger partial charge on any atom is -0.444 e. The topological polar surface area (TPSA) is 131 Å². The Morgan fingerprint density at radius 3 is 2.31 bits per heavy atom. The third-order valence-electron chi connectivity index (χ3n) is 3.92. The number of carbonyl (C=O) groups is 3. The van der Waals surface area contributed by atoms with Crippen molar-refractivity contribution >= 4 is 29.3 Å². The number of nitro groups is 1. The Morgan fingerprint density at radius 1 is 1.10 bits per heavy atom. The molecule has 0 saturated heterocycles. The Kier molecular flexibility index (Phi) is 6.85. The van der Waals surface area contributed by atoms with Crippen LogP contribution in [0.1, 0.15) is 22.0 Å². The minimum absolute atomic E-state index is 0.101. The molecule has 0 aliphatic rings. The molecule has 10 nitrogen and oxygen atoms in total. The molecule has 10 heteroatoms. The SMILES string of the molecule is CNC(=O)NC(=O)[C@@H](OC(=O)c1ccc(N(C)C)c([N+](=O)[O-])c1)c1ccccc1. The lowest BCUT2D eigenvalue weighted by Crippen LogP contribution is -2.41. The van der Waals surface area contributed by atoms with Gasteiger partial charge in [0.15, 0.2) is 0 Å². The van der Waals surface area contributed by atoms with E-state index in [0.717, 1.165) is 6.07 Å². The van der Waals surface area contributed by atoms with Crippen LogP contribution >= 0.6 is 0 Å². The van der Waals surface area contributed by atoms with Crippen molar-refractivity contribution in [2.24, 2.45) is 0 Å². The molecule has 0 fully saturated rings. The van der Waals surface area contributed by atoms with Gasteiger partial charge in [-0.2, -0.15) is 0 Å². The van der Waals surface area contributed by atoms with E-state index in [2.05, 4.69) is 10.6 Å². The second kappa shape index (κ2) is 9.31. The fourth-order valence-corrected chi connectivity index (χ4v) is 2.49. The van der Waals surface area contributed by atoms with Crippen molar-refractivity contribution in [3.05, 3.63) is 69.8 Å². The van der Waals surface area contributed by atoms with E-state index in [-0.39, 0.29) is 11.3 Å². The highest BCUT2D eigenvalue weighted by Gasteiger charge is 2.28. The molecule has 0 saturated carbocycles. The Balaban J connectivity index is 2.34. The molecular weight excluding hydrogens is 380 g/mol. The molecular formula is C19H20N4O6. The van der Waals surface area contributed by atoms with Gasteiger partial charge in [0.1, 0.15) is 5.69 Å². The summed E-state index contributed by atoms with van der Waals surface area (Å²) >= 11 is 0. The highest BCUT2D eigenvalue weighted by atomic mass is 16.6. The molecule has 0 aliphatic carbocycles. The lowest BCUT2D eigenvalue weighted by Gasteiger charge is -2.18. The van der Waals surface area contributed by atoms with Crippen LogP contribution in [0.5, 0.6) is 0 Å². The van der Waals surface area contributed by atoms with Crippen LogP contribution in [-0.2, 0) is 9.53 Å². The number of esters is 1. The zero-order valence-corrected chi connectivity index (χ0v) is 16.0. The maximum Gasteiger partial charge on any atom is 0.339 e. The zero-order chi connectivity index (χ0) is 21.6. The van der Waals surface area contributed by atoms with E-state index in [9.17, 15) is 24.5 Å². The number of urea groups is 1. The molecule has 2 rings (SSSR count). The maximum atomic E-state index is 12.6. The maximum absolute atomic E-state index is 12.6. The second-order valence-electron chi connectivity index (χ2n) is 6.12. The van der Waals surface area contributed by atoms with E-state index in [0.29, 0.717) is 11.3 Å². The van der Waals surface area contributed by atoms with Crippen molar-refractivity contribution in [2.45, 2.75) is 6.10 Å². The minimum atomic E-state index is -1.42. The van der Waals surface area contributed by atoms with Crippen molar-refractivity contribution in [1.82, 2.24) is 10.6 Å². The number of hydrogen-bond donors (Lipinski definition) is 2. The third-order valence-corrected chi connectivity index (χ3v) is 3.92. The van der Waals surface area contributed by atoms with Gasteiger partial charge in [0.25, 0.3) is 11.6 Å². The number of carbonyl (C=O) groups excluding carboxylic acids is 3. The van der Waals surface area contributed by atoms with Gasteiger partial charge in [0.2, 0.25) is 6.10 Å². The summed E-state index contributed by atoms with van der Waals surface area (Å²) in [4.78, 5) is 48.8. The van der Waals surface area contributed by atoms with Gasteiger partial charge >= 0.3 is 12.0 Å². The van der Waals surface area contributed by atoms with Crippen LogP contribution in [0.4, 0.5) is 16.2 Å². The number of nitrogens with one attached hydrogen (secondary N) is 2. The van der Waals surface area contributed by atoms with E-state index in [4.69, 9.17) is 4.74 Å². The van der Waals surface area contributed by atoms with Gasteiger partial charge < -0.3 is 15.0 Å². The van der Waals surface area contributed by atoms with Crippen LogP contribution in [-0.4, -0.2) is 44.0 Å². The quantitative estimate of drug-likeness (QED) is 0.431. The van der Waals surface area contributed by atoms with Gasteiger partial charge in [0.05, 0.1) is 10.5 Å². The molecule has 0 unspecified atom stereocenters. The standard InChI is InChI=1S/C19H20N4O6/c1-20-19(26)21-17(24)16(12-7-5-4-6-8-12)29-18(25)13-9-10-14(22(2)3)15(11-13)23(27)28/h4-11,16H,1-3H3,(H2,20,21,24,26)/t16-/m0/s1. The number of imide groups is 1. The average molecular weight is 400 g/mol. The van der Waals surface area contributed by atoms with Gasteiger partial charge in [-0.25, -0.2) is 9.59 Å². The fourth-order valence-electron chi connectivity index (χ4n) is 2.49. The Hall–Kier alpha value is -3.95. The zero-order valence-electron chi connectivity index (χ0n) is 16.0. The van der Waals surface area contributed by atoms with Crippen molar-refractivity contribution in [2.75, 3.05) is 26.0 Å². The monoisotopic (exact) mass is 400 g/mol. The molecule has 152 valence electrons. The Bertz CT molecular complexity index is 930. The van der Waals surface area contributed by atoms with Crippen LogP contribution in [0.25, 0.3) is 0 Å². The molecule has 2 aromatic rings. The van der Waals surface area contributed by atoms with E-state index in [1.807, 2.05) is 0 Å². The molecule has 0 bridgehead atoms. The molecule has 0 aromatic heterocycles. The summed E-state index contributed by atoms with van der Waals surface area (Å²) in [6.45, 7) is 0. The van der Waals surface area contributed by atoms with Crippen LogP contribution < -0.4 is 15.5 Å². The summed E-state index contributed by atoms with van der Waals surface area (Å²) in [5.74, 6) is -1.80. The van der Waals surface area contributed by atoms with Gasteiger partial charge in [-0.15, -0.1) is 0 Å². The first kappa shape index (κ1) is 21.4. The summed E-state index contributed by atoms with van der Waals surface area (Å²) in [5, 5.41) is 15.6. The third kappa shape index (κ3) is 5.28. The molecule has 1 atom stereocenters. The summed E-state index contributed by atoms with van der Waals surface area (Å²) in [6.07, 6.45) is -1.42. The lowest BCUT2D eigenvalue weighted by molar-refractivity contribution is -0.384. The average Bonchev–Trinajstić information content (AvgIpc) is 2.71. The second-order valence-corrected chi connectivity index (χ2v) is 6.12. The number of rotatable bonds is 6. The molecule has 2 N–H and O–H groups in total. The van der Waals surface area contributed by atoms with Gasteiger partial charge in [-0.05, 0) is 12.1 Å².